The summed E-state index contributed by atoms with van der Waals surface area (Å²) in [5, 5.41) is 3.64. The van der Waals surface area contributed by atoms with Gasteiger partial charge in [0.25, 0.3) is 0 Å². The van der Waals surface area contributed by atoms with Crippen molar-refractivity contribution in [1.29, 1.82) is 0 Å². The molecule has 1 heterocycles. The molecule has 3 nitrogen and oxygen atoms in total. The zero-order valence-electron chi connectivity index (χ0n) is 16.5. The minimum atomic E-state index is -0.231. The molecule has 1 aliphatic heterocycles. The number of nitrogens with zero attached hydrogens (tertiary/aromatic N) is 1. The second kappa shape index (κ2) is 7.32. The number of carbonyl (C=O) groups excluding carboxylic acids is 1. The summed E-state index contributed by atoms with van der Waals surface area (Å²) in [5.74, 6) is 0.238. The smallest absolute Gasteiger partial charge is 0.144 e. The number of hydrogen-bond donors (Lipinski definition) is 1. The van der Waals surface area contributed by atoms with Gasteiger partial charge in [-0.25, -0.2) is 0 Å². The van der Waals surface area contributed by atoms with Crippen LogP contribution in [-0.2, 0) is 4.79 Å². The number of rotatable bonds is 2. The van der Waals surface area contributed by atoms with Gasteiger partial charge in [0, 0.05) is 12.1 Å². The average molecular weight is 380 g/mol. The highest BCUT2D eigenvalue weighted by Gasteiger charge is 2.41. The van der Waals surface area contributed by atoms with E-state index in [0.29, 0.717) is 6.42 Å². The molecule has 1 N–H and O–H groups in total. The lowest BCUT2D eigenvalue weighted by molar-refractivity contribution is -0.122. The van der Waals surface area contributed by atoms with Gasteiger partial charge >= 0.3 is 0 Å². The molecule has 0 spiro atoms. The van der Waals surface area contributed by atoms with Crippen molar-refractivity contribution in [3.8, 4) is 0 Å². The summed E-state index contributed by atoms with van der Waals surface area (Å²) >= 11 is 0. The minimum Gasteiger partial charge on any atom is -0.375 e. The van der Waals surface area contributed by atoms with Crippen LogP contribution < -0.4 is 5.32 Å². The van der Waals surface area contributed by atoms with E-state index >= 15 is 0 Å². The maximum absolute atomic E-state index is 13.4. The first kappa shape index (κ1) is 17.9. The van der Waals surface area contributed by atoms with E-state index in [4.69, 9.17) is 4.99 Å². The number of fused-ring (bicyclic) bond motifs is 2. The second-order valence-electron chi connectivity index (χ2n) is 8.11. The summed E-state index contributed by atoms with van der Waals surface area (Å²) < 4.78 is 0. The molecule has 0 radical (unpaired) electrons. The van der Waals surface area contributed by atoms with Crippen molar-refractivity contribution in [2.24, 2.45) is 10.9 Å². The van der Waals surface area contributed by atoms with Crippen molar-refractivity contribution >= 4 is 22.9 Å². The third-order valence-corrected chi connectivity index (χ3v) is 6.13. The van der Waals surface area contributed by atoms with Crippen LogP contribution in [0.3, 0.4) is 0 Å². The lowest BCUT2D eigenvalue weighted by Crippen LogP contribution is -2.38. The van der Waals surface area contributed by atoms with Crippen molar-refractivity contribution in [1.82, 2.24) is 0 Å². The molecule has 1 aliphatic carbocycles. The topological polar surface area (TPSA) is 41.5 Å². The molecule has 0 aromatic heterocycles. The molecule has 2 aliphatic rings. The lowest BCUT2D eigenvalue weighted by Gasteiger charge is -2.34. The van der Waals surface area contributed by atoms with Crippen LogP contribution in [0, 0.1) is 12.8 Å². The van der Waals surface area contributed by atoms with Gasteiger partial charge < -0.3 is 5.32 Å². The average Bonchev–Trinajstić information content (AvgIpc) is 2.92. The van der Waals surface area contributed by atoms with E-state index < -0.39 is 0 Å². The molecular formula is C26H24N2O. The number of para-hydroxylation sites is 2. The summed E-state index contributed by atoms with van der Waals surface area (Å²) in [7, 11) is 0. The second-order valence-corrected chi connectivity index (χ2v) is 8.11. The van der Waals surface area contributed by atoms with Gasteiger partial charge in [-0.15, -0.1) is 0 Å². The zero-order valence-corrected chi connectivity index (χ0v) is 16.5. The van der Waals surface area contributed by atoms with Gasteiger partial charge in [-0.3, -0.25) is 9.79 Å². The molecular weight excluding hydrogens is 356 g/mol. The van der Waals surface area contributed by atoms with E-state index in [9.17, 15) is 4.79 Å². The van der Waals surface area contributed by atoms with E-state index in [0.717, 1.165) is 29.1 Å². The molecule has 5 rings (SSSR count). The van der Waals surface area contributed by atoms with Crippen molar-refractivity contribution < 1.29 is 4.79 Å². The molecule has 29 heavy (non-hydrogen) atoms. The highest BCUT2D eigenvalue weighted by Crippen LogP contribution is 2.43. The Labute approximate surface area is 171 Å². The fourth-order valence-corrected chi connectivity index (χ4v) is 4.61. The quantitative estimate of drug-likeness (QED) is 0.593. The molecule has 144 valence electrons. The third kappa shape index (κ3) is 3.38. The number of hydrogen-bond acceptors (Lipinski definition) is 3. The van der Waals surface area contributed by atoms with Crippen LogP contribution in [0.1, 0.15) is 41.5 Å². The standard InChI is InChI=1S/C26H24N2O/c1-17-11-13-19(14-12-17)26-25-23(27-21-9-5-6-10-22(21)28-26)15-20(16-24(25)29)18-7-3-2-4-8-18/h2-14,20,25-26,28H,15-16H2,1H3/t20-,25+,26+/m1/s1. The zero-order chi connectivity index (χ0) is 19.8. The number of aryl methyl sites for hydroxylation is 1. The van der Waals surface area contributed by atoms with Crippen molar-refractivity contribution in [3.05, 3.63) is 95.6 Å². The Hall–Kier alpha value is -3.20. The molecule has 3 atom stereocenters. The van der Waals surface area contributed by atoms with Gasteiger partial charge in [-0.1, -0.05) is 72.3 Å². The van der Waals surface area contributed by atoms with E-state index in [1.54, 1.807) is 0 Å². The highest BCUT2D eigenvalue weighted by molar-refractivity contribution is 6.10. The van der Waals surface area contributed by atoms with Gasteiger partial charge in [0.15, 0.2) is 0 Å². The molecule has 3 aromatic carbocycles. The lowest BCUT2D eigenvalue weighted by atomic mass is 9.72. The van der Waals surface area contributed by atoms with Gasteiger partial charge in [0.2, 0.25) is 0 Å². The number of Topliss-reactive ketones (excluding diaryl/α,β-unsaturated/α-hetero) is 1. The Morgan fingerprint density at radius 1 is 0.828 bits per heavy atom. The summed E-state index contributed by atoms with van der Waals surface area (Å²) in [6, 6.07) is 26.9. The maximum Gasteiger partial charge on any atom is 0.144 e. The molecule has 1 saturated carbocycles. The Morgan fingerprint density at radius 2 is 1.55 bits per heavy atom. The van der Waals surface area contributed by atoms with Gasteiger partial charge in [0.05, 0.1) is 23.3 Å². The summed E-state index contributed by atoms with van der Waals surface area (Å²) in [6.45, 7) is 2.09. The van der Waals surface area contributed by atoms with E-state index in [1.807, 2.05) is 36.4 Å². The van der Waals surface area contributed by atoms with Crippen LogP contribution in [-0.4, -0.2) is 11.5 Å². The normalized spacial score (nSPS) is 23.3. The molecule has 0 bridgehead atoms. The molecule has 0 saturated heterocycles. The summed E-state index contributed by atoms with van der Waals surface area (Å²) in [6.07, 6.45) is 1.38. The van der Waals surface area contributed by atoms with Crippen LogP contribution in [0.25, 0.3) is 0 Å². The van der Waals surface area contributed by atoms with E-state index in [2.05, 4.69) is 54.7 Å². The van der Waals surface area contributed by atoms with Gasteiger partial charge in [-0.2, -0.15) is 0 Å². The Balaban J connectivity index is 1.60. The summed E-state index contributed by atoms with van der Waals surface area (Å²) in [5.41, 5.74) is 6.48. The Morgan fingerprint density at radius 3 is 2.34 bits per heavy atom. The van der Waals surface area contributed by atoms with Crippen LogP contribution in [0.4, 0.5) is 11.4 Å². The molecule has 0 unspecified atom stereocenters. The number of benzene rings is 3. The van der Waals surface area contributed by atoms with Crippen LogP contribution >= 0.6 is 0 Å². The predicted molar refractivity (Wildman–Crippen MR) is 118 cm³/mol. The van der Waals surface area contributed by atoms with E-state index in [-0.39, 0.29) is 23.7 Å². The third-order valence-electron chi connectivity index (χ3n) is 6.13. The molecule has 3 aromatic rings. The minimum absolute atomic E-state index is 0.0952. The fraction of sp³-hybridized carbons (Fsp3) is 0.231. The van der Waals surface area contributed by atoms with Crippen molar-refractivity contribution in [3.63, 3.8) is 0 Å². The van der Waals surface area contributed by atoms with Crippen LogP contribution in [0.2, 0.25) is 0 Å². The molecule has 1 fully saturated rings. The van der Waals surface area contributed by atoms with Crippen LogP contribution in [0.5, 0.6) is 0 Å². The van der Waals surface area contributed by atoms with Crippen molar-refractivity contribution in [2.45, 2.75) is 31.7 Å². The van der Waals surface area contributed by atoms with Gasteiger partial charge in [0.1, 0.15) is 5.78 Å². The number of aliphatic imine (C=N–C) groups is 1. The number of nitrogens with one attached hydrogen (secondary N) is 1. The number of anilines is 1. The molecule has 3 heteroatoms. The maximum atomic E-state index is 13.4. The molecule has 0 amide bonds. The summed E-state index contributed by atoms with van der Waals surface area (Å²) in [4.78, 5) is 18.5. The van der Waals surface area contributed by atoms with Gasteiger partial charge in [-0.05, 0) is 42.5 Å². The first-order valence-corrected chi connectivity index (χ1v) is 10.3. The monoisotopic (exact) mass is 380 g/mol. The van der Waals surface area contributed by atoms with Crippen LogP contribution in [0.15, 0.2) is 83.9 Å². The first-order valence-electron chi connectivity index (χ1n) is 10.3. The van der Waals surface area contributed by atoms with Crippen molar-refractivity contribution in [2.75, 3.05) is 5.32 Å². The first-order chi connectivity index (χ1) is 14.2. The Bertz CT molecular complexity index is 1070. The predicted octanol–water partition coefficient (Wildman–Crippen LogP) is 6.00. The van der Waals surface area contributed by atoms with E-state index in [1.165, 1.54) is 11.1 Å². The Kier molecular flexibility index (Phi) is 4.51. The fourth-order valence-electron chi connectivity index (χ4n) is 4.61. The highest BCUT2D eigenvalue weighted by atomic mass is 16.1. The number of carbonyl (C=O) groups is 1. The SMILES string of the molecule is Cc1ccc([C@@H]2Nc3ccccc3N=C3C[C@@H](c4ccccc4)CC(=O)[C@H]32)cc1. The largest absolute Gasteiger partial charge is 0.375 e. The number of ketones is 1.